The summed E-state index contributed by atoms with van der Waals surface area (Å²) in [6.45, 7) is 9.81. The van der Waals surface area contributed by atoms with Crippen LogP contribution in [-0.2, 0) is 0 Å². The van der Waals surface area contributed by atoms with E-state index in [4.69, 9.17) is 10.00 Å². The normalized spacial score (nSPS) is 10.5. The van der Waals surface area contributed by atoms with Crippen molar-refractivity contribution in [3.05, 3.63) is 36.2 Å². The molecule has 1 radical (unpaired) electrons. The van der Waals surface area contributed by atoms with Crippen LogP contribution in [0.3, 0.4) is 0 Å². The third-order valence-electron chi connectivity index (χ3n) is 2.06. The van der Waals surface area contributed by atoms with Crippen LogP contribution in [0.2, 0.25) is 0 Å². The minimum absolute atomic E-state index is 0.0834. The van der Waals surface area contributed by atoms with Crippen LogP contribution in [-0.4, -0.2) is 6.10 Å². The van der Waals surface area contributed by atoms with Crippen molar-refractivity contribution in [2.45, 2.75) is 32.8 Å². The largest absolute Gasteiger partial charge is 0.490 e. The summed E-state index contributed by atoms with van der Waals surface area (Å²) in [6, 6.07) is 7.78. The number of benzene rings is 1. The third-order valence-corrected chi connectivity index (χ3v) is 2.06. The first-order chi connectivity index (χ1) is 7.04. The summed E-state index contributed by atoms with van der Waals surface area (Å²) in [6.07, 6.45) is 0.0834. The molecule has 2 nitrogen and oxygen atoms in total. The second-order valence-electron chi connectivity index (χ2n) is 3.94. The Morgan fingerprint density at radius 2 is 2.00 bits per heavy atom. The zero-order chi connectivity index (χ0) is 11.4. The number of nitriles is 1. The lowest BCUT2D eigenvalue weighted by atomic mass is 10.0. The van der Waals surface area contributed by atoms with E-state index in [1.54, 1.807) is 0 Å². The van der Waals surface area contributed by atoms with Gasteiger partial charge in [-0.1, -0.05) is 13.0 Å². The Morgan fingerprint density at radius 1 is 1.33 bits per heavy atom. The maximum atomic E-state index is 8.99. The summed E-state index contributed by atoms with van der Waals surface area (Å²) in [5, 5.41) is 8.99. The summed E-state index contributed by atoms with van der Waals surface area (Å²) in [5.74, 6) is 0.835. The van der Waals surface area contributed by atoms with Crippen LogP contribution in [0.1, 0.15) is 37.8 Å². The van der Waals surface area contributed by atoms with Gasteiger partial charge in [0.25, 0.3) is 0 Å². The molecule has 0 bridgehead atoms. The van der Waals surface area contributed by atoms with Crippen LogP contribution in [0.15, 0.2) is 18.2 Å². The zero-order valence-corrected chi connectivity index (χ0v) is 9.45. The van der Waals surface area contributed by atoms with Crippen LogP contribution in [0, 0.1) is 18.3 Å². The fourth-order valence-electron chi connectivity index (χ4n) is 1.30. The van der Waals surface area contributed by atoms with Gasteiger partial charge in [0.1, 0.15) is 11.8 Å². The van der Waals surface area contributed by atoms with Gasteiger partial charge in [-0.3, -0.25) is 0 Å². The first-order valence-electron chi connectivity index (χ1n) is 5.08. The van der Waals surface area contributed by atoms with E-state index in [9.17, 15) is 0 Å². The quantitative estimate of drug-likeness (QED) is 0.753. The van der Waals surface area contributed by atoms with E-state index < -0.39 is 0 Å². The topological polar surface area (TPSA) is 33.0 Å². The van der Waals surface area contributed by atoms with E-state index in [1.165, 1.54) is 0 Å². The Labute approximate surface area is 91.5 Å². The molecule has 1 atom stereocenters. The minimum atomic E-state index is 0.0834. The van der Waals surface area contributed by atoms with Crippen molar-refractivity contribution in [3.63, 3.8) is 0 Å². The summed E-state index contributed by atoms with van der Waals surface area (Å²) in [5.41, 5.74) is 1.64. The predicted octanol–water partition coefficient (Wildman–Crippen LogP) is 3.28. The minimum Gasteiger partial charge on any atom is -0.490 e. The predicted molar refractivity (Wildman–Crippen MR) is 60.7 cm³/mol. The van der Waals surface area contributed by atoms with E-state index >= 15 is 0 Å². The van der Waals surface area contributed by atoms with E-state index in [0.717, 1.165) is 5.56 Å². The zero-order valence-electron chi connectivity index (χ0n) is 9.45. The highest BCUT2D eigenvalue weighted by atomic mass is 16.5. The van der Waals surface area contributed by atoms with Gasteiger partial charge in [0.15, 0.2) is 0 Å². The molecule has 1 unspecified atom stereocenters. The summed E-state index contributed by atoms with van der Waals surface area (Å²) in [4.78, 5) is 0. The molecule has 79 valence electrons. The maximum Gasteiger partial charge on any atom is 0.137 e. The van der Waals surface area contributed by atoms with Gasteiger partial charge >= 0.3 is 0 Å². The maximum absolute atomic E-state index is 8.99. The molecular weight excluding hydrogens is 186 g/mol. The number of nitrogens with zero attached hydrogens (tertiary/aromatic N) is 1. The first kappa shape index (κ1) is 11.6. The molecule has 2 heteroatoms. The van der Waals surface area contributed by atoms with Crippen LogP contribution >= 0.6 is 0 Å². The lowest BCUT2D eigenvalue weighted by Crippen LogP contribution is -2.07. The fraction of sp³-hybridized carbons (Fsp3) is 0.385. The SMILES string of the molecule is [CH2]C(C)c1ccc(OC(C)C)c(C#N)c1. The molecule has 0 saturated heterocycles. The summed E-state index contributed by atoms with van der Waals surface area (Å²) in [7, 11) is 0. The lowest BCUT2D eigenvalue weighted by Gasteiger charge is -2.13. The third kappa shape index (κ3) is 2.99. The Balaban J connectivity index is 3.05. The highest BCUT2D eigenvalue weighted by Gasteiger charge is 2.08. The van der Waals surface area contributed by atoms with E-state index in [0.29, 0.717) is 11.3 Å². The first-order valence-corrected chi connectivity index (χ1v) is 5.08. The molecule has 0 aromatic heterocycles. The molecule has 1 aromatic carbocycles. The molecule has 1 rings (SSSR count). The fourth-order valence-corrected chi connectivity index (χ4v) is 1.30. The summed E-state index contributed by atoms with van der Waals surface area (Å²) >= 11 is 0. The van der Waals surface area contributed by atoms with Crippen LogP contribution in [0.5, 0.6) is 5.75 Å². The van der Waals surface area contributed by atoms with E-state index in [2.05, 4.69) is 13.0 Å². The van der Waals surface area contributed by atoms with Gasteiger partial charge in [0.05, 0.1) is 11.7 Å². The van der Waals surface area contributed by atoms with Crippen LogP contribution < -0.4 is 4.74 Å². The highest BCUT2D eigenvalue weighted by molar-refractivity contribution is 5.46. The second kappa shape index (κ2) is 4.84. The Bertz CT molecular complexity index is 375. The van der Waals surface area contributed by atoms with Gasteiger partial charge in [0.2, 0.25) is 0 Å². The van der Waals surface area contributed by atoms with E-state index in [1.807, 2.05) is 39.0 Å². The Morgan fingerprint density at radius 3 is 2.47 bits per heavy atom. The van der Waals surface area contributed by atoms with Crippen molar-refractivity contribution in [1.82, 2.24) is 0 Å². The van der Waals surface area contributed by atoms with Gasteiger partial charge in [0, 0.05) is 0 Å². The molecule has 0 amide bonds. The van der Waals surface area contributed by atoms with Crippen molar-refractivity contribution in [2.24, 2.45) is 0 Å². The monoisotopic (exact) mass is 202 g/mol. The average Bonchev–Trinajstić information content (AvgIpc) is 2.17. The molecule has 15 heavy (non-hydrogen) atoms. The smallest absolute Gasteiger partial charge is 0.137 e. The molecule has 0 aliphatic carbocycles. The molecular formula is C13H16NO. The molecule has 0 saturated carbocycles. The molecule has 0 aliphatic heterocycles. The van der Waals surface area contributed by atoms with Crippen molar-refractivity contribution < 1.29 is 4.74 Å². The number of ether oxygens (including phenoxy) is 1. The van der Waals surface area contributed by atoms with Gasteiger partial charge in [-0.05, 0) is 44.4 Å². The second-order valence-corrected chi connectivity index (χ2v) is 3.94. The van der Waals surface area contributed by atoms with Crippen molar-refractivity contribution in [1.29, 1.82) is 5.26 Å². The lowest BCUT2D eigenvalue weighted by molar-refractivity contribution is 0.241. The molecule has 0 heterocycles. The van der Waals surface area contributed by atoms with Crippen molar-refractivity contribution in [3.8, 4) is 11.8 Å². The van der Waals surface area contributed by atoms with Crippen molar-refractivity contribution >= 4 is 0 Å². The molecule has 1 aromatic rings. The standard InChI is InChI=1S/C13H16NO/c1-9(2)11-5-6-13(15-10(3)4)12(7-11)8-14/h5-7,9-10H,1H2,2-4H3. The average molecular weight is 202 g/mol. The Hall–Kier alpha value is -1.49. The molecule has 0 spiro atoms. The highest BCUT2D eigenvalue weighted by Crippen LogP contribution is 2.24. The van der Waals surface area contributed by atoms with Gasteiger partial charge in [-0.2, -0.15) is 5.26 Å². The number of hydrogen-bond acceptors (Lipinski definition) is 2. The number of rotatable bonds is 3. The van der Waals surface area contributed by atoms with Crippen LogP contribution in [0.4, 0.5) is 0 Å². The van der Waals surface area contributed by atoms with Gasteiger partial charge in [-0.25, -0.2) is 0 Å². The summed E-state index contributed by atoms with van der Waals surface area (Å²) < 4.78 is 5.53. The van der Waals surface area contributed by atoms with Crippen LogP contribution in [0.25, 0.3) is 0 Å². The van der Waals surface area contributed by atoms with Crippen molar-refractivity contribution in [2.75, 3.05) is 0 Å². The van der Waals surface area contributed by atoms with Gasteiger partial charge in [-0.15, -0.1) is 0 Å². The molecule has 0 N–H and O–H groups in total. The Kier molecular flexibility index (Phi) is 3.74. The number of hydrogen-bond donors (Lipinski definition) is 0. The molecule has 0 aliphatic rings. The van der Waals surface area contributed by atoms with Gasteiger partial charge < -0.3 is 4.74 Å². The molecule has 0 fully saturated rings. The van der Waals surface area contributed by atoms with E-state index in [-0.39, 0.29) is 12.0 Å².